The quantitative estimate of drug-likeness (QED) is 0.254. The molecule has 2 aromatic heterocycles. The fourth-order valence-corrected chi connectivity index (χ4v) is 4.79. The maximum Gasteiger partial charge on any atom is 0.308 e. The molecule has 0 radical (unpaired) electrons. The van der Waals surface area contributed by atoms with Gasteiger partial charge >= 0.3 is 17.9 Å². The van der Waals surface area contributed by atoms with Gasteiger partial charge in [-0.2, -0.15) is 5.10 Å². The predicted molar refractivity (Wildman–Crippen MR) is 150 cm³/mol. The number of aromatic nitrogens is 3. The molecule has 0 spiro atoms. The first kappa shape index (κ1) is 30.5. The zero-order valence-electron chi connectivity index (χ0n) is 24.5. The first-order valence-corrected chi connectivity index (χ1v) is 14.0. The zero-order valence-corrected chi connectivity index (χ0v) is 25.2. The number of hydrogen-bond donors (Lipinski definition) is 0. The lowest BCUT2D eigenvalue weighted by molar-refractivity contribution is -0.173. The molecule has 1 saturated heterocycles. The highest BCUT2D eigenvalue weighted by atomic mass is 35.5. The molecule has 1 aliphatic rings. The molecule has 0 aliphatic carbocycles. The normalized spacial score (nSPS) is 20.8. The van der Waals surface area contributed by atoms with Gasteiger partial charge in [0.25, 0.3) is 0 Å². The van der Waals surface area contributed by atoms with Crippen LogP contribution in [0.15, 0.2) is 18.2 Å². The summed E-state index contributed by atoms with van der Waals surface area (Å²) < 4.78 is 30.4. The first-order valence-electron chi connectivity index (χ1n) is 13.6. The van der Waals surface area contributed by atoms with E-state index in [2.05, 4.69) is 5.10 Å². The van der Waals surface area contributed by atoms with Crippen LogP contribution in [0.1, 0.15) is 53.5 Å². The summed E-state index contributed by atoms with van der Waals surface area (Å²) in [5.41, 5.74) is 1.53. The number of pyridine rings is 1. The molecule has 1 aromatic carbocycles. The van der Waals surface area contributed by atoms with E-state index >= 15 is 0 Å². The Morgan fingerprint density at radius 1 is 0.976 bits per heavy atom. The minimum Gasteiger partial charge on any atom is -0.497 e. The van der Waals surface area contributed by atoms with Gasteiger partial charge in [0.2, 0.25) is 0 Å². The van der Waals surface area contributed by atoms with Crippen molar-refractivity contribution in [3.05, 3.63) is 28.9 Å². The Morgan fingerprint density at radius 2 is 1.59 bits per heavy atom. The van der Waals surface area contributed by atoms with Crippen molar-refractivity contribution in [1.82, 2.24) is 14.8 Å². The van der Waals surface area contributed by atoms with Crippen LogP contribution in [0, 0.1) is 24.7 Å². The van der Waals surface area contributed by atoms with E-state index in [4.69, 9.17) is 40.3 Å². The van der Waals surface area contributed by atoms with Crippen molar-refractivity contribution in [2.24, 2.45) is 17.8 Å². The first-order chi connectivity index (χ1) is 19.3. The molecule has 41 heavy (non-hydrogen) atoms. The number of halogens is 1. The lowest BCUT2D eigenvalue weighted by Crippen LogP contribution is -2.42. The van der Waals surface area contributed by atoms with Crippen LogP contribution >= 0.6 is 11.6 Å². The molecule has 11 nitrogen and oxygen atoms in total. The number of nitrogens with zero attached hydrogens (tertiary/aromatic N) is 3. The van der Waals surface area contributed by atoms with E-state index in [1.54, 1.807) is 73.8 Å². The zero-order chi connectivity index (χ0) is 30.2. The van der Waals surface area contributed by atoms with Crippen LogP contribution in [0.4, 0.5) is 0 Å². The number of carbonyl (C=O) groups is 3. The molecule has 1 fully saturated rings. The monoisotopic (exact) mass is 589 g/mol. The van der Waals surface area contributed by atoms with E-state index in [-0.39, 0.29) is 12.5 Å². The highest BCUT2D eigenvalue weighted by Crippen LogP contribution is 2.40. The minimum atomic E-state index is -1.12. The minimum absolute atomic E-state index is 0.228. The lowest BCUT2D eigenvalue weighted by atomic mass is 10.1. The van der Waals surface area contributed by atoms with Crippen LogP contribution in [-0.2, 0) is 33.3 Å². The molecular formula is C29H36ClN3O8. The second-order valence-electron chi connectivity index (χ2n) is 11.0. The van der Waals surface area contributed by atoms with Crippen molar-refractivity contribution in [3.63, 3.8) is 0 Å². The molecule has 12 heteroatoms. The predicted octanol–water partition coefficient (Wildman–Crippen LogP) is 4.79. The Balaban J connectivity index is 1.85. The average Bonchev–Trinajstić information content (AvgIpc) is 3.43. The van der Waals surface area contributed by atoms with Crippen LogP contribution < -0.4 is 4.74 Å². The Hall–Kier alpha value is -3.44. The molecule has 222 valence electrons. The maximum atomic E-state index is 12.9. The molecular weight excluding hydrogens is 554 g/mol. The second kappa shape index (κ2) is 12.2. The molecule has 3 heterocycles. The third-order valence-corrected chi connectivity index (χ3v) is 7.17. The topological polar surface area (TPSA) is 128 Å². The lowest BCUT2D eigenvalue weighted by Gasteiger charge is -2.26. The summed E-state index contributed by atoms with van der Waals surface area (Å²) in [6.07, 6.45) is -4.22. The van der Waals surface area contributed by atoms with Crippen molar-refractivity contribution in [1.29, 1.82) is 0 Å². The van der Waals surface area contributed by atoms with Gasteiger partial charge in [0.1, 0.15) is 18.5 Å². The number of benzene rings is 1. The van der Waals surface area contributed by atoms with Crippen molar-refractivity contribution < 1.29 is 38.1 Å². The van der Waals surface area contributed by atoms with E-state index in [1.807, 2.05) is 0 Å². The van der Waals surface area contributed by atoms with E-state index in [9.17, 15) is 14.4 Å². The summed E-state index contributed by atoms with van der Waals surface area (Å²) in [6, 6.07) is 5.34. The number of esters is 3. The molecule has 1 aliphatic heterocycles. The van der Waals surface area contributed by atoms with Crippen LogP contribution in [-0.4, -0.2) is 64.7 Å². The van der Waals surface area contributed by atoms with Crippen molar-refractivity contribution >= 4 is 51.4 Å². The number of ether oxygens (including phenoxy) is 5. The van der Waals surface area contributed by atoms with Crippen LogP contribution in [0.2, 0.25) is 5.02 Å². The standard InChI is InChI=1S/C29H36ClN3O8/c1-13(2)27(34)38-12-20-23(40-28(35)14(3)4)24(41-29(36)15(5)6)26(39-20)33-25-21(16(7)32-33)22(30)18-11-17(37-8)9-10-19(18)31-25/h9-11,13-15,20,23-24,26H,12H2,1-8H3/t20-,23-,24-,26-/m1/s1. The Kier molecular flexibility index (Phi) is 9.08. The van der Waals surface area contributed by atoms with Crippen molar-refractivity contribution in [2.75, 3.05) is 13.7 Å². The Morgan fingerprint density at radius 3 is 2.17 bits per heavy atom. The van der Waals surface area contributed by atoms with Crippen molar-refractivity contribution in [2.45, 2.75) is 73.0 Å². The molecule has 3 aromatic rings. The van der Waals surface area contributed by atoms with Crippen LogP contribution in [0.25, 0.3) is 21.9 Å². The van der Waals surface area contributed by atoms with Crippen molar-refractivity contribution in [3.8, 4) is 5.75 Å². The highest BCUT2D eigenvalue weighted by Gasteiger charge is 2.52. The average molecular weight is 590 g/mol. The van der Waals surface area contributed by atoms with Gasteiger partial charge in [-0.1, -0.05) is 53.1 Å². The summed E-state index contributed by atoms with van der Waals surface area (Å²) in [5.74, 6) is -2.19. The number of rotatable bonds is 9. The fraction of sp³-hybridized carbons (Fsp3) is 0.552. The number of carbonyl (C=O) groups excluding carboxylic acids is 3. The molecule has 0 bridgehead atoms. The molecule has 4 atom stereocenters. The van der Waals surface area contributed by atoms with Gasteiger partial charge < -0.3 is 23.7 Å². The van der Waals surface area contributed by atoms with Gasteiger partial charge in [0.15, 0.2) is 24.1 Å². The van der Waals surface area contributed by atoms with Gasteiger partial charge in [-0.05, 0) is 25.1 Å². The fourth-order valence-electron chi connectivity index (χ4n) is 4.42. The third-order valence-electron chi connectivity index (χ3n) is 6.78. The molecule has 0 amide bonds. The van der Waals surface area contributed by atoms with Crippen LogP contribution in [0.3, 0.4) is 0 Å². The molecule has 0 unspecified atom stereocenters. The summed E-state index contributed by atoms with van der Waals surface area (Å²) in [5, 5.41) is 6.36. The second-order valence-corrected chi connectivity index (χ2v) is 11.4. The number of fused-ring (bicyclic) bond motifs is 2. The largest absolute Gasteiger partial charge is 0.497 e. The van der Waals surface area contributed by atoms with E-state index in [0.717, 1.165) is 0 Å². The summed E-state index contributed by atoms with van der Waals surface area (Å²) in [6.45, 7) is 11.7. The van der Waals surface area contributed by atoms with E-state index in [1.165, 1.54) is 4.68 Å². The number of methoxy groups -OCH3 is 1. The van der Waals surface area contributed by atoms with E-state index in [0.29, 0.717) is 38.4 Å². The van der Waals surface area contributed by atoms with Gasteiger partial charge in [-0.15, -0.1) is 0 Å². The highest BCUT2D eigenvalue weighted by molar-refractivity contribution is 6.40. The summed E-state index contributed by atoms with van der Waals surface area (Å²) >= 11 is 6.86. The number of hydrogen-bond acceptors (Lipinski definition) is 10. The smallest absolute Gasteiger partial charge is 0.308 e. The Labute approximate surface area is 243 Å². The van der Waals surface area contributed by atoms with Gasteiger partial charge in [0, 0.05) is 5.39 Å². The van der Waals surface area contributed by atoms with Gasteiger partial charge in [-0.3, -0.25) is 14.4 Å². The third kappa shape index (κ3) is 6.11. The Bertz CT molecular complexity index is 1470. The number of aryl methyl sites for hydroxylation is 1. The SMILES string of the molecule is COc1ccc2nc3c(c(C)nn3[C@@H]3O[C@H](COC(=O)C(C)C)[C@@H](OC(=O)C(C)C)[C@H]3OC(=O)C(C)C)c(Cl)c2c1. The molecule has 0 saturated carbocycles. The van der Waals surface area contributed by atoms with Gasteiger partial charge in [-0.25, -0.2) is 9.67 Å². The summed E-state index contributed by atoms with van der Waals surface area (Å²) in [4.78, 5) is 42.8. The van der Waals surface area contributed by atoms with Gasteiger partial charge in [0.05, 0.1) is 46.5 Å². The maximum absolute atomic E-state index is 12.9. The molecule has 4 rings (SSSR count). The van der Waals surface area contributed by atoms with Crippen LogP contribution in [0.5, 0.6) is 5.75 Å². The summed E-state index contributed by atoms with van der Waals surface area (Å²) in [7, 11) is 1.57. The van der Waals surface area contributed by atoms with E-state index < -0.39 is 54.3 Å². The molecule has 0 N–H and O–H groups in total.